The molecule has 1 aliphatic heterocycles. The molecule has 0 spiro atoms. The normalized spacial score (nSPS) is 15.1. The Morgan fingerprint density at radius 1 is 1.04 bits per heavy atom. The summed E-state index contributed by atoms with van der Waals surface area (Å²) in [5.74, 6) is 0.631. The number of ether oxygens (including phenoxy) is 2. The Bertz CT molecular complexity index is 715. The quantitative estimate of drug-likeness (QED) is 0.939. The first-order chi connectivity index (χ1) is 11.0. The molecular formula is C18H18FNO3. The second-order valence-electron chi connectivity index (χ2n) is 5.62. The second kappa shape index (κ2) is 6.28. The van der Waals surface area contributed by atoms with Crippen molar-refractivity contribution in [1.29, 1.82) is 0 Å². The summed E-state index contributed by atoms with van der Waals surface area (Å²) in [4.78, 5) is 12.4. The number of carbonyl (C=O) groups excluding carboxylic acids is 1. The highest BCUT2D eigenvalue weighted by molar-refractivity contribution is 5.83. The van der Waals surface area contributed by atoms with E-state index < -0.39 is 0 Å². The minimum atomic E-state index is -0.355. The topological polar surface area (TPSA) is 47.6 Å². The van der Waals surface area contributed by atoms with Gasteiger partial charge in [-0.25, -0.2) is 4.39 Å². The van der Waals surface area contributed by atoms with Crippen LogP contribution in [0.4, 0.5) is 4.39 Å². The van der Waals surface area contributed by atoms with Crippen molar-refractivity contribution in [3.63, 3.8) is 0 Å². The van der Waals surface area contributed by atoms with Gasteiger partial charge in [0.15, 0.2) is 11.5 Å². The van der Waals surface area contributed by atoms with Crippen LogP contribution in [0.25, 0.3) is 0 Å². The van der Waals surface area contributed by atoms with E-state index in [0.29, 0.717) is 11.5 Å². The molecule has 2 atom stereocenters. The Balaban J connectivity index is 1.68. The SMILES string of the molecule is CC(NC(=O)C(C)c1ccc(F)cc1)c1ccc2c(c1)OCO2. The molecule has 0 radical (unpaired) electrons. The van der Waals surface area contributed by atoms with Crippen molar-refractivity contribution >= 4 is 5.91 Å². The minimum Gasteiger partial charge on any atom is -0.454 e. The summed E-state index contributed by atoms with van der Waals surface area (Å²) in [6.45, 7) is 3.93. The Hall–Kier alpha value is -2.56. The van der Waals surface area contributed by atoms with Crippen LogP contribution in [0.1, 0.15) is 36.9 Å². The van der Waals surface area contributed by atoms with Crippen LogP contribution in [0.15, 0.2) is 42.5 Å². The number of benzene rings is 2. The Kier molecular flexibility index (Phi) is 4.19. The summed E-state index contributed by atoms with van der Waals surface area (Å²) in [5, 5.41) is 2.97. The zero-order chi connectivity index (χ0) is 16.4. The lowest BCUT2D eigenvalue weighted by atomic mass is 9.99. The van der Waals surface area contributed by atoms with Crippen molar-refractivity contribution in [2.24, 2.45) is 0 Å². The van der Waals surface area contributed by atoms with E-state index in [1.165, 1.54) is 12.1 Å². The molecule has 1 heterocycles. The molecular weight excluding hydrogens is 297 g/mol. The Labute approximate surface area is 134 Å². The first-order valence-corrected chi connectivity index (χ1v) is 7.50. The van der Waals surface area contributed by atoms with Gasteiger partial charge >= 0.3 is 0 Å². The zero-order valence-corrected chi connectivity index (χ0v) is 13.0. The first kappa shape index (κ1) is 15.3. The molecule has 2 aromatic carbocycles. The maximum absolute atomic E-state index is 13.0. The van der Waals surface area contributed by atoms with Crippen LogP contribution in [-0.4, -0.2) is 12.7 Å². The van der Waals surface area contributed by atoms with E-state index in [-0.39, 0.29) is 30.5 Å². The van der Waals surface area contributed by atoms with Gasteiger partial charge in [0.2, 0.25) is 12.7 Å². The van der Waals surface area contributed by atoms with Gasteiger partial charge in [-0.15, -0.1) is 0 Å². The minimum absolute atomic E-state index is 0.109. The maximum atomic E-state index is 13.0. The summed E-state index contributed by atoms with van der Waals surface area (Å²) in [6.07, 6.45) is 0. The molecule has 0 bridgehead atoms. The van der Waals surface area contributed by atoms with E-state index in [1.807, 2.05) is 25.1 Å². The number of hydrogen-bond acceptors (Lipinski definition) is 3. The third kappa shape index (κ3) is 3.28. The van der Waals surface area contributed by atoms with Crippen molar-refractivity contribution < 1.29 is 18.7 Å². The number of amides is 1. The maximum Gasteiger partial charge on any atom is 0.231 e. The third-order valence-electron chi connectivity index (χ3n) is 4.02. The highest BCUT2D eigenvalue weighted by Gasteiger charge is 2.20. The molecule has 0 saturated heterocycles. The van der Waals surface area contributed by atoms with Crippen LogP contribution < -0.4 is 14.8 Å². The molecule has 23 heavy (non-hydrogen) atoms. The predicted octanol–water partition coefficient (Wildman–Crippen LogP) is 3.54. The molecule has 2 unspecified atom stereocenters. The Morgan fingerprint density at radius 2 is 1.70 bits per heavy atom. The van der Waals surface area contributed by atoms with E-state index in [0.717, 1.165) is 11.1 Å². The lowest BCUT2D eigenvalue weighted by Crippen LogP contribution is -2.30. The molecule has 0 aromatic heterocycles. The fourth-order valence-electron chi connectivity index (χ4n) is 2.51. The van der Waals surface area contributed by atoms with Crippen LogP contribution in [0.5, 0.6) is 11.5 Å². The van der Waals surface area contributed by atoms with Gasteiger partial charge in [0.1, 0.15) is 5.82 Å². The molecule has 3 rings (SSSR count). The van der Waals surface area contributed by atoms with Gasteiger partial charge in [0.25, 0.3) is 0 Å². The van der Waals surface area contributed by atoms with E-state index in [9.17, 15) is 9.18 Å². The number of halogens is 1. The number of carbonyl (C=O) groups is 1. The smallest absolute Gasteiger partial charge is 0.231 e. The van der Waals surface area contributed by atoms with E-state index >= 15 is 0 Å². The third-order valence-corrected chi connectivity index (χ3v) is 4.02. The Morgan fingerprint density at radius 3 is 2.43 bits per heavy atom. The summed E-state index contributed by atoms with van der Waals surface area (Å²) in [5.41, 5.74) is 1.72. The van der Waals surface area contributed by atoms with Crippen LogP contribution in [0.3, 0.4) is 0 Å². The molecule has 120 valence electrons. The van der Waals surface area contributed by atoms with Crippen LogP contribution in [0, 0.1) is 5.82 Å². The summed E-state index contributed by atoms with van der Waals surface area (Å²) < 4.78 is 23.6. The highest BCUT2D eigenvalue weighted by atomic mass is 19.1. The fourth-order valence-corrected chi connectivity index (χ4v) is 2.51. The average molecular weight is 315 g/mol. The lowest BCUT2D eigenvalue weighted by molar-refractivity contribution is -0.122. The second-order valence-corrected chi connectivity index (χ2v) is 5.62. The molecule has 1 amide bonds. The number of nitrogens with one attached hydrogen (secondary N) is 1. The largest absolute Gasteiger partial charge is 0.454 e. The van der Waals surface area contributed by atoms with E-state index in [4.69, 9.17) is 9.47 Å². The van der Waals surface area contributed by atoms with Crippen molar-refractivity contribution in [2.75, 3.05) is 6.79 Å². The molecule has 4 nitrogen and oxygen atoms in total. The van der Waals surface area contributed by atoms with Crippen molar-refractivity contribution in [1.82, 2.24) is 5.32 Å². The van der Waals surface area contributed by atoms with Gasteiger partial charge < -0.3 is 14.8 Å². The molecule has 0 aliphatic carbocycles. The van der Waals surface area contributed by atoms with Gasteiger partial charge in [-0.1, -0.05) is 18.2 Å². The van der Waals surface area contributed by atoms with Gasteiger partial charge in [-0.05, 0) is 49.2 Å². The summed E-state index contributed by atoms with van der Waals surface area (Å²) in [6, 6.07) is 11.4. The van der Waals surface area contributed by atoms with E-state index in [2.05, 4.69) is 5.32 Å². The number of fused-ring (bicyclic) bond motifs is 1. The lowest BCUT2D eigenvalue weighted by Gasteiger charge is -2.18. The summed E-state index contributed by atoms with van der Waals surface area (Å²) >= 11 is 0. The molecule has 1 N–H and O–H groups in total. The number of hydrogen-bond donors (Lipinski definition) is 1. The van der Waals surface area contributed by atoms with Crippen molar-refractivity contribution in [3.05, 3.63) is 59.4 Å². The van der Waals surface area contributed by atoms with Gasteiger partial charge in [0, 0.05) is 0 Å². The summed E-state index contributed by atoms with van der Waals surface area (Å²) in [7, 11) is 0. The zero-order valence-electron chi connectivity index (χ0n) is 13.0. The van der Waals surface area contributed by atoms with Crippen LogP contribution in [0.2, 0.25) is 0 Å². The van der Waals surface area contributed by atoms with Crippen LogP contribution in [-0.2, 0) is 4.79 Å². The monoisotopic (exact) mass is 315 g/mol. The van der Waals surface area contributed by atoms with Crippen molar-refractivity contribution in [2.45, 2.75) is 25.8 Å². The molecule has 1 aliphatic rings. The average Bonchev–Trinajstić information content (AvgIpc) is 3.02. The van der Waals surface area contributed by atoms with Crippen LogP contribution >= 0.6 is 0 Å². The molecule has 2 aromatic rings. The van der Waals surface area contributed by atoms with Gasteiger partial charge in [0.05, 0.1) is 12.0 Å². The van der Waals surface area contributed by atoms with Gasteiger partial charge in [-0.3, -0.25) is 4.79 Å². The van der Waals surface area contributed by atoms with Gasteiger partial charge in [-0.2, -0.15) is 0 Å². The number of rotatable bonds is 4. The predicted molar refractivity (Wildman–Crippen MR) is 83.9 cm³/mol. The van der Waals surface area contributed by atoms with Crippen molar-refractivity contribution in [3.8, 4) is 11.5 Å². The molecule has 5 heteroatoms. The molecule has 0 fully saturated rings. The fraction of sp³-hybridized carbons (Fsp3) is 0.278. The first-order valence-electron chi connectivity index (χ1n) is 7.50. The highest BCUT2D eigenvalue weighted by Crippen LogP contribution is 2.34. The van der Waals surface area contributed by atoms with E-state index in [1.54, 1.807) is 19.1 Å². The standard InChI is InChI=1S/C18H18FNO3/c1-11(13-3-6-15(19)7-4-13)18(21)20-12(2)14-5-8-16-17(9-14)23-10-22-16/h3-9,11-12H,10H2,1-2H3,(H,20,21). The molecule has 0 saturated carbocycles.